The molecule has 0 fully saturated rings. The number of amides is 1. The number of thioether (sulfide) groups is 1. The number of methoxy groups -OCH3 is 1. The van der Waals surface area contributed by atoms with E-state index in [2.05, 4.69) is 15.5 Å². The summed E-state index contributed by atoms with van der Waals surface area (Å²) in [7, 11) is 1.59. The van der Waals surface area contributed by atoms with Gasteiger partial charge in [-0.3, -0.25) is 9.69 Å². The molecule has 0 saturated carbocycles. The number of rotatable bonds is 7. The van der Waals surface area contributed by atoms with E-state index in [1.54, 1.807) is 16.7 Å². The standard InChI is InChI=1S/C22H19N5O2S/c1-29-20-15-9-8-14-19(20)27-22(23-24-25-27)30-16-21(28)26(17-10-4-2-5-11-17)18-12-6-3-7-13-18/h2-15H,16H2,1H3. The van der Waals surface area contributed by atoms with Crippen molar-refractivity contribution in [3.05, 3.63) is 84.9 Å². The second-order valence-electron chi connectivity index (χ2n) is 6.23. The highest BCUT2D eigenvalue weighted by Crippen LogP contribution is 2.29. The van der Waals surface area contributed by atoms with Gasteiger partial charge in [0.15, 0.2) is 0 Å². The molecular weight excluding hydrogens is 398 g/mol. The summed E-state index contributed by atoms with van der Waals surface area (Å²) in [4.78, 5) is 14.9. The lowest BCUT2D eigenvalue weighted by Gasteiger charge is -2.22. The Kier molecular flexibility index (Phi) is 6.05. The Labute approximate surface area is 178 Å². The van der Waals surface area contributed by atoms with Crippen molar-refractivity contribution < 1.29 is 9.53 Å². The molecular formula is C22H19N5O2S. The van der Waals surface area contributed by atoms with Crippen LogP contribution >= 0.6 is 11.8 Å². The van der Waals surface area contributed by atoms with Crippen LogP contribution in [0.15, 0.2) is 90.1 Å². The first-order chi connectivity index (χ1) is 14.8. The van der Waals surface area contributed by atoms with Gasteiger partial charge >= 0.3 is 0 Å². The molecule has 8 heteroatoms. The highest BCUT2D eigenvalue weighted by Gasteiger charge is 2.20. The molecule has 0 N–H and O–H groups in total. The molecule has 7 nitrogen and oxygen atoms in total. The van der Waals surface area contributed by atoms with Crippen LogP contribution in [0.5, 0.6) is 5.75 Å². The lowest BCUT2D eigenvalue weighted by molar-refractivity contribution is -0.115. The molecule has 0 aliphatic rings. The van der Waals surface area contributed by atoms with Gasteiger partial charge in [-0.1, -0.05) is 60.3 Å². The minimum Gasteiger partial charge on any atom is -0.494 e. The Morgan fingerprint density at radius 2 is 1.53 bits per heavy atom. The fraction of sp³-hybridized carbons (Fsp3) is 0.0909. The molecule has 1 aromatic heterocycles. The number of ether oxygens (including phenoxy) is 1. The van der Waals surface area contributed by atoms with Crippen molar-refractivity contribution in [2.45, 2.75) is 5.16 Å². The number of para-hydroxylation sites is 4. The number of anilines is 2. The zero-order valence-electron chi connectivity index (χ0n) is 16.3. The molecule has 4 rings (SSSR count). The van der Waals surface area contributed by atoms with E-state index in [1.165, 1.54) is 11.8 Å². The molecule has 0 bridgehead atoms. The quantitative estimate of drug-likeness (QED) is 0.421. The van der Waals surface area contributed by atoms with Crippen LogP contribution in [0.4, 0.5) is 11.4 Å². The summed E-state index contributed by atoms with van der Waals surface area (Å²) in [6.45, 7) is 0. The Morgan fingerprint density at radius 3 is 2.17 bits per heavy atom. The molecule has 150 valence electrons. The third-order valence-corrected chi connectivity index (χ3v) is 5.26. The van der Waals surface area contributed by atoms with Crippen molar-refractivity contribution in [2.24, 2.45) is 0 Å². The van der Waals surface area contributed by atoms with Crippen LogP contribution in [-0.2, 0) is 4.79 Å². The van der Waals surface area contributed by atoms with Gasteiger partial charge in [0.1, 0.15) is 11.4 Å². The van der Waals surface area contributed by atoms with Crippen LogP contribution in [0.25, 0.3) is 5.69 Å². The number of aromatic nitrogens is 4. The molecule has 0 unspecified atom stereocenters. The fourth-order valence-corrected chi connectivity index (χ4v) is 3.74. The summed E-state index contributed by atoms with van der Waals surface area (Å²) in [5, 5.41) is 12.4. The third-order valence-electron chi connectivity index (χ3n) is 4.36. The SMILES string of the molecule is COc1ccccc1-n1nnnc1SCC(=O)N(c1ccccc1)c1ccccc1. The molecule has 3 aromatic carbocycles. The van der Waals surface area contributed by atoms with E-state index in [1.807, 2.05) is 84.9 Å². The molecule has 1 amide bonds. The second-order valence-corrected chi connectivity index (χ2v) is 7.18. The fourth-order valence-electron chi connectivity index (χ4n) is 3.01. The largest absolute Gasteiger partial charge is 0.494 e. The maximum absolute atomic E-state index is 13.2. The highest BCUT2D eigenvalue weighted by molar-refractivity contribution is 7.99. The van der Waals surface area contributed by atoms with Gasteiger partial charge in [-0.15, -0.1) is 5.10 Å². The molecule has 0 saturated heterocycles. The molecule has 0 radical (unpaired) electrons. The predicted octanol–water partition coefficient (Wildman–Crippen LogP) is 4.13. The summed E-state index contributed by atoms with van der Waals surface area (Å²) >= 11 is 1.27. The minimum atomic E-state index is -0.0769. The summed E-state index contributed by atoms with van der Waals surface area (Å²) < 4.78 is 6.98. The Bertz CT molecular complexity index is 1080. The first-order valence-corrected chi connectivity index (χ1v) is 10.2. The lowest BCUT2D eigenvalue weighted by atomic mass is 10.2. The van der Waals surface area contributed by atoms with E-state index >= 15 is 0 Å². The van der Waals surface area contributed by atoms with E-state index in [-0.39, 0.29) is 11.7 Å². The van der Waals surface area contributed by atoms with Gasteiger partial charge in [-0.05, 0) is 46.8 Å². The molecule has 1 heterocycles. The molecule has 0 spiro atoms. The van der Waals surface area contributed by atoms with Crippen molar-refractivity contribution in [2.75, 3.05) is 17.8 Å². The topological polar surface area (TPSA) is 73.1 Å². The molecule has 0 aliphatic heterocycles. The predicted molar refractivity (Wildman–Crippen MR) is 116 cm³/mol. The Morgan fingerprint density at radius 1 is 0.933 bits per heavy atom. The van der Waals surface area contributed by atoms with E-state index in [4.69, 9.17) is 4.74 Å². The van der Waals surface area contributed by atoms with Gasteiger partial charge in [0.2, 0.25) is 11.1 Å². The highest BCUT2D eigenvalue weighted by atomic mass is 32.2. The number of benzene rings is 3. The van der Waals surface area contributed by atoms with Gasteiger partial charge in [0.05, 0.1) is 12.9 Å². The summed E-state index contributed by atoms with van der Waals surface area (Å²) in [5.41, 5.74) is 2.32. The number of hydrogen-bond acceptors (Lipinski definition) is 6. The minimum absolute atomic E-state index is 0.0769. The second kappa shape index (κ2) is 9.23. The monoisotopic (exact) mass is 417 g/mol. The first kappa shape index (κ1) is 19.7. The van der Waals surface area contributed by atoms with Gasteiger partial charge in [-0.25, -0.2) is 0 Å². The molecule has 0 atom stereocenters. The number of nitrogens with zero attached hydrogens (tertiary/aromatic N) is 5. The normalized spacial score (nSPS) is 10.6. The van der Waals surface area contributed by atoms with Crippen molar-refractivity contribution in [1.82, 2.24) is 20.2 Å². The van der Waals surface area contributed by atoms with Gasteiger partial charge in [0, 0.05) is 11.4 Å². The summed E-state index contributed by atoms with van der Waals surface area (Å²) in [6.07, 6.45) is 0. The zero-order chi connectivity index (χ0) is 20.8. The molecule has 4 aromatic rings. The maximum Gasteiger partial charge on any atom is 0.242 e. The van der Waals surface area contributed by atoms with Crippen LogP contribution in [0.1, 0.15) is 0 Å². The van der Waals surface area contributed by atoms with E-state index in [0.717, 1.165) is 11.4 Å². The van der Waals surface area contributed by atoms with Crippen LogP contribution < -0.4 is 9.64 Å². The van der Waals surface area contributed by atoms with Gasteiger partial charge in [0.25, 0.3) is 0 Å². The van der Waals surface area contributed by atoms with Gasteiger partial charge < -0.3 is 4.74 Å². The van der Waals surface area contributed by atoms with Crippen molar-refractivity contribution >= 4 is 29.0 Å². The van der Waals surface area contributed by atoms with Crippen molar-refractivity contribution in [3.63, 3.8) is 0 Å². The average Bonchev–Trinajstić information content (AvgIpc) is 3.28. The van der Waals surface area contributed by atoms with Crippen molar-refractivity contribution in [1.29, 1.82) is 0 Å². The van der Waals surface area contributed by atoms with Crippen LogP contribution in [-0.4, -0.2) is 39.0 Å². The average molecular weight is 417 g/mol. The number of carbonyl (C=O) groups is 1. The number of tetrazole rings is 1. The van der Waals surface area contributed by atoms with Crippen LogP contribution in [0, 0.1) is 0 Å². The number of carbonyl (C=O) groups excluding carboxylic acids is 1. The Hall–Kier alpha value is -3.65. The lowest BCUT2D eigenvalue weighted by Crippen LogP contribution is -2.27. The zero-order valence-corrected chi connectivity index (χ0v) is 17.1. The van der Waals surface area contributed by atoms with E-state index in [0.29, 0.717) is 16.6 Å². The first-order valence-electron chi connectivity index (χ1n) is 9.25. The molecule has 0 aliphatic carbocycles. The van der Waals surface area contributed by atoms with Crippen LogP contribution in [0.2, 0.25) is 0 Å². The van der Waals surface area contributed by atoms with Crippen LogP contribution in [0.3, 0.4) is 0 Å². The van der Waals surface area contributed by atoms with E-state index in [9.17, 15) is 4.79 Å². The number of hydrogen-bond donors (Lipinski definition) is 0. The summed E-state index contributed by atoms with van der Waals surface area (Å²) in [6, 6.07) is 26.6. The van der Waals surface area contributed by atoms with Crippen molar-refractivity contribution in [3.8, 4) is 11.4 Å². The van der Waals surface area contributed by atoms with Gasteiger partial charge in [-0.2, -0.15) is 4.68 Å². The summed E-state index contributed by atoms with van der Waals surface area (Å²) in [5.74, 6) is 0.736. The van der Waals surface area contributed by atoms with E-state index < -0.39 is 0 Å². The third kappa shape index (κ3) is 4.18. The maximum atomic E-state index is 13.2. The smallest absolute Gasteiger partial charge is 0.242 e. The Balaban J connectivity index is 1.58. The molecule has 30 heavy (non-hydrogen) atoms.